The highest BCUT2D eigenvalue weighted by Gasteiger charge is 2.34. The van der Waals surface area contributed by atoms with Gasteiger partial charge in [-0.2, -0.15) is 13.2 Å². The number of rotatable bonds is 4. The van der Waals surface area contributed by atoms with Crippen molar-refractivity contribution in [2.45, 2.75) is 22.6 Å². The fraction of sp³-hybridized carbons (Fsp3) is 0.143. The topological polar surface area (TPSA) is 56.0 Å². The Hall–Kier alpha value is -1.86. The Morgan fingerprint density at radius 3 is 2.62 bits per heavy atom. The van der Waals surface area contributed by atoms with Crippen molar-refractivity contribution in [1.82, 2.24) is 4.98 Å². The molecule has 3 nitrogen and oxygen atoms in total. The lowest BCUT2D eigenvalue weighted by molar-refractivity contribution is -0.139. The zero-order chi connectivity index (χ0) is 15.5. The molecule has 21 heavy (non-hydrogen) atoms. The van der Waals surface area contributed by atoms with Crippen LogP contribution in [0.1, 0.15) is 21.5 Å². The average molecular weight is 312 g/mol. The molecule has 1 heterocycles. The molecule has 2 N–H and O–H groups in total. The van der Waals surface area contributed by atoms with Crippen LogP contribution in [0, 0.1) is 0 Å². The number of alkyl halides is 3. The molecule has 1 aromatic heterocycles. The Labute approximate surface area is 123 Å². The maximum atomic E-state index is 13.1. The summed E-state index contributed by atoms with van der Waals surface area (Å²) in [4.78, 5) is 14.9. The highest BCUT2D eigenvalue weighted by molar-refractivity contribution is 7.99. The molecule has 110 valence electrons. The number of carbonyl (C=O) groups excluding carboxylic acids is 1. The predicted octanol–water partition coefficient (Wildman–Crippen LogP) is 3.52. The molecule has 0 unspecified atom stereocenters. The van der Waals surface area contributed by atoms with Crippen molar-refractivity contribution in [2.24, 2.45) is 5.73 Å². The largest absolute Gasteiger partial charge is 0.417 e. The van der Waals surface area contributed by atoms with Crippen LogP contribution in [0.5, 0.6) is 0 Å². The van der Waals surface area contributed by atoms with E-state index in [2.05, 4.69) is 4.98 Å². The van der Waals surface area contributed by atoms with E-state index in [-0.39, 0.29) is 22.0 Å². The first-order valence-corrected chi connectivity index (χ1v) is 6.76. The summed E-state index contributed by atoms with van der Waals surface area (Å²) in [5.41, 5.74) is 5.33. The van der Waals surface area contributed by atoms with Crippen LogP contribution in [-0.2, 0) is 12.7 Å². The van der Waals surface area contributed by atoms with Crippen LogP contribution in [0.2, 0.25) is 0 Å². The van der Waals surface area contributed by atoms with Gasteiger partial charge in [0, 0.05) is 23.2 Å². The Balaban J connectivity index is 2.55. The number of hydrogen-bond acceptors (Lipinski definition) is 4. The Bertz CT molecular complexity index is 659. The lowest BCUT2D eigenvalue weighted by atomic mass is 10.1. The molecule has 0 aliphatic carbocycles. The van der Waals surface area contributed by atoms with Crippen molar-refractivity contribution in [1.29, 1.82) is 0 Å². The summed E-state index contributed by atoms with van der Waals surface area (Å²) in [6.07, 6.45) is -2.51. The second kappa shape index (κ2) is 6.28. The van der Waals surface area contributed by atoms with Gasteiger partial charge in [0.1, 0.15) is 5.03 Å². The van der Waals surface area contributed by atoms with Crippen molar-refractivity contribution in [3.8, 4) is 0 Å². The third-order valence-electron chi connectivity index (χ3n) is 2.75. The van der Waals surface area contributed by atoms with Gasteiger partial charge in [0.15, 0.2) is 6.29 Å². The van der Waals surface area contributed by atoms with Gasteiger partial charge in [-0.05, 0) is 23.8 Å². The standard InChI is InChI=1S/C14H11F3N2OS/c15-14(16,17)11-5-1-3-9(7-18)12(11)21-13-10(8-20)4-2-6-19-13/h1-6,8H,7,18H2. The third-order valence-corrected chi connectivity index (χ3v) is 3.97. The van der Waals surface area contributed by atoms with Crippen molar-refractivity contribution in [3.05, 3.63) is 53.2 Å². The van der Waals surface area contributed by atoms with Gasteiger partial charge < -0.3 is 5.73 Å². The van der Waals surface area contributed by atoms with Crippen LogP contribution in [-0.4, -0.2) is 11.3 Å². The van der Waals surface area contributed by atoms with Crippen LogP contribution in [0.4, 0.5) is 13.2 Å². The van der Waals surface area contributed by atoms with Crippen LogP contribution in [0.15, 0.2) is 46.5 Å². The van der Waals surface area contributed by atoms with Crippen molar-refractivity contribution < 1.29 is 18.0 Å². The normalized spacial score (nSPS) is 11.4. The molecule has 0 spiro atoms. The van der Waals surface area contributed by atoms with Gasteiger partial charge >= 0.3 is 6.18 Å². The molecule has 2 aromatic rings. The van der Waals surface area contributed by atoms with Gasteiger partial charge in [0.05, 0.1) is 5.56 Å². The lowest BCUT2D eigenvalue weighted by Gasteiger charge is -2.15. The number of carbonyl (C=O) groups is 1. The summed E-state index contributed by atoms with van der Waals surface area (Å²) < 4.78 is 39.3. The molecular formula is C14H11F3N2OS. The van der Waals surface area contributed by atoms with Crippen molar-refractivity contribution in [2.75, 3.05) is 0 Å². The minimum atomic E-state index is -4.50. The minimum Gasteiger partial charge on any atom is -0.326 e. The second-order valence-corrected chi connectivity index (χ2v) is 5.11. The monoisotopic (exact) mass is 312 g/mol. The van der Waals surface area contributed by atoms with Crippen LogP contribution in [0.3, 0.4) is 0 Å². The number of benzene rings is 1. The summed E-state index contributed by atoms with van der Waals surface area (Å²) in [6.45, 7) is -0.0322. The van der Waals surface area contributed by atoms with Crippen LogP contribution in [0.25, 0.3) is 0 Å². The summed E-state index contributed by atoms with van der Waals surface area (Å²) in [5, 5.41) is 0.221. The fourth-order valence-electron chi connectivity index (χ4n) is 1.76. The third kappa shape index (κ3) is 3.43. The summed E-state index contributed by atoms with van der Waals surface area (Å²) in [7, 11) is 0. The van der Waals surface area contributed by atoms with E-state index >= 15 is 0 Å². The molecule has 1 aromatic carbocycles. The molecule has 0 aliphatic rings. The molecule has 0 bridgehead atoms. The number of aromatic nitrogens is 1. The Morgan fingerprint density at radius 2 is 2.00 bits per heavy atom. The summed E-state index contributed by atoms with van der Waals surface area (Å²) in [5.74, 6) is 0. The van der Waals surface area contributed by atoms with Gasteiger partial charge in [-0.1, -0.05) is 23.9 Å². The summed E-state index contributed by atoms with van der Waals surface area (Å²) >= 11 is 0.801. The molecule has 0 amide bonds. The molecule has 0 aliphatic heterocycles. The van der Waals surface area contributed by atoms with Crippen molar-refractivity contribution in [3.63, 3.8) is 0 Å². The minimum absolute atomic E-state index is 0.0192. The fourth-order valence-corrected chi connectivity index (χ4v) is 2.88. The van der Waals surface area contributed by atoms with E-state index in [1.165, 1.54) is 24.4 Å². The first kappa shape index (κ1) is 15.5. The Morgan fingerprint density at radius 1 is 1.24 bits per heavy atom. The SMILES string of the molecule is NCc1cccc(C(F)(F)F)c1Sc1ncccc1C=O. The van der Waals surface area contributed by atoms with Gasteiger partial charge in [-0.25, -0.2) is 4.98 Å². The number of hydrogen-bond donors (Lipinski definition) is 1. The molecule has 0 fully saturated rings. The van der Waals surface area contributed by atoms with Crippen LogP contribution < -0.4 is 5.73 Å². The lowest BCUT2D eigenvalue weighted by Crippen LogP contribution is -2.10. The first-order valence-electron chi connectivity index (χ1n) is 5.94. The maximum absolute atomic E-state index is 13.1. The number of nitrogens with zero attached hydrogens (tertiary/aromatic N) is 1. The molecule has 0 atom stereocenters. The van der Waals surface area contributed by atoms with Crippen molar-refractivity contribution >= 4 is 18.0 Å². The van der Waals surface area contributed by atoms with E-state index in [0.717, 1.165) is 17.8 Å². The van der Waals surface area contributed by atoms with E-state index in [0.29, 0.717) is 11.8 Å². The number of nitrogens with two attached hydrogens (primary N) is 1. The summed E-state index contributed by atoms with van der Waals surface area (Å²) in [6, 6.07) is 6.88. The quantitative estimate of drug-likeness (QED) is 0.878. The second-order valence-electron chi connectivity index (χ2n) is 4.11. The van der Waals surface area contributed by atoms with Gasteiger partial charge in [-0.3, -0.25) is 4.79 Å². The zero-order valence-corrected chi connectivity index (χ0v) is 11.5. The molecular weight excluding hydrogens is 301 g/mol. The first-order chi connectivity index (χ1) is 9.97. The Kier molecular flexibility index (Phi) is 4.64. The molecule has 0 radical (unpaired) electrons. The highest BCUT2D eigenvalue weighted by atomic mass is 32.2. The number of halogens is 3. The van der Waals surface area contributed by atoms with E-state index < -0.39 is 11.7 Å². The van der Waals surface area contributed by atoms with E-state index in [4.69, 9.17) is 5.73 Å². The van der Waals surface area contributed by atoms with Gasteiger partial charge in [-0.15, -0.1) is 0 Å². The smallest absolute Gasteiger partial charge is 0.326 e. The molecule has 7 heteroatoms. The van der Waals surface area contributed by atoms with Gasteiger partial charge in [0.25, 0.3) is 0 Å². The predicted molar refractivity (Wildman–Crippen MR) is 73.1 cm³/mol. The zero-order valence-electron chi connectivity index (χ0n) is 10.7. The molecule has 0 saturated heterocycles. The maximum Gasteiger partial charge on any atom is 0.417 e. The average Bonchev–Trinajstić information content (AvgIpc) is 2.47. The van der Waals surface area contributed by atoms with E-state index in [1.807, 2.05) is 0 Å². The van der Waals surface area contributed by atoms with Crippen LogP contribution >= 0.6 is 11.8 Å². The molecule has 2 rings (SSSR count). The van der Waals surface area contributed by atoms with E-state index in [9.17, 15) is 18.0 Å². The highest BCUT2D eigenvalue weighted by Crippen LogP contribution is 2.41. The van der Waals surface area contributed by atoms with E-state index in [1.54, 1.807) is 6.07 Å². The van der Waals surface area contributed by atoms with Gasteiger partial charge in [0.2, 0.25) is 0 Å². The number of pyridine rings is 1. The number of aldehydes is 1. The molecule has 0 saturated carbocycles.